The Morgan fingerprint density at radius 2 is 1.39 bits per heavy atom. The number of unbranched alkanes of at least 4 members (excludes halogenated alkanes) is 1. The molecule has 8 N–H and O–H groups in total. The molecule has 3 atom stereocenters. The zero-order valence-electron chi connectivity index (χ0n) is 23.1. The van der Waals surface area contributed by atoms with E-state index in [2.05, 4.69) is 26.6 Å². The van der Waals surface area contributed by atoms with Gasteiger partial charge in [-0.25, -0.2) is 14.4 Å². The second-order valence-electron chi connectivity index (χ2n) is 10.2. The number of urea groups is 1. The molecule has 14 heteroatoms. The number of nitrogens with one attached hydrogen (secondary N) is 5. The first-order valence-electron chi connectivity index (χ1n) is 12.6. The smallest absolute Gasteiger partial charge is 0.407 e. The van der Waals surface area contributed by atoms with Crippen LogP contribution in [0.1, 0.15) is 73.6 Å². The molecule has 0 spiro atoms. The first-order chi connectivity index (χ1) is 17.5. The van der Waals surface area contributed by atoms with E-state index in [-0.39, 0.29) is 31.7 Å². The maximum atomic E-state index is 13.0. The number of carboxylic acids is 1. The summed E-state index contributed by atoms with van der Waals surface area (Å²) in [4.78, 5) is 71.6. The van der Waals surface area contributed by atoms with E-state index in [1.165, 1.54) is 6.92 Å². The van der Waals surface area contributed by atoms with Crippen LogP contribution in [0.4, 0.5) is 9.59 Å². The van der Waals surface area contributed by atoms with Crippen LogP contribution in [0, 0.1) is 5.92 Å². The topological polar surface area (TPSA) is 218 Å². The summed E-state index contributed by atoms with van der Waals surface area (Å²) >= 11 is 0. The fourth-order valence-corrected chi connectivity index (χ4v) is 3.32. The minimum atomic E-state index is -1.26. The second-order valence-corrected chi connectivity index (χ2v) is 10.2. The first kappa shape index (κ1) is 34.4. The van der Waals surface area contributed by atoms with Gasteiger partial charge < -0.3 is 42.2 Å². The molecule has 6 amide bonds. The Labute approximate surface area is 223 Å². The highest BCUT2D eigenvalue weighted by Gasteiger charge is 2.31. The molecule has 14 nitrogen and oxygen atoms in total. The van der Waals surface area contributed by atoms with E-state index in [0.717, 1.165) is 0 Å². The molecule has 0 aromatic carbocycles. The van der Waals surface area contributed by atoms with Crippen molar-refractivity contribution in [3.63, 3.8) is 0 Å². The Bertz CT molecular complexity index is 827. The predicted octanol–water partition coefficient (Wildman–Crippen LogP) is 0.345. The number of alkyl carbamates (subject to hydrolysis) is 1. The minimum Gasteiger partial charge on any atom is -0.480 e. The van der Waals surface area contributed by atoms with Gasteiger partial charge >= 0.3 is 18.1 Å². The highest BCUT2D eigenvalue weighted by molar-refractivity contribution is 5.93. The Balaban J connectivity index is 5.03. The van der Waals surface area contributed by atoms with E-state index in [9.17, 15) is 33.9 Å². The summed E-state index contributed by atoms with van der Waals surface area (Å²) in [7, 11) is 0. The molecule has 0 aromatic rings. The average Bonchev–Trinajstić information content (AvgIpc) is 2.76. The van der Waals surface area contributed by atoms with Gasteiger partial charge in [0.2, 0.25) is 17.7 Å². The lowest BCUT2D eigenvalue weighted by atomic mass is 10.0. The molecular formula is C24H44N6O8. The number of aliphatic carboxylic acids is 1. The van der Waals surface area contributed by atoms with Crippen molar-refractivity contribution in [1.82, 2.24) is 26.6 Å². The van der Waals surface area contributed by atoms with Gasteiger partial charge in [-0.05, 0) is 58.8 Å². The Morgan fingerprint density at radius 3 is 1.89 bits per heavy atom. The molecule has 0 fully saturated rings. The fraction of sp³-hybridized carbons (Fsp3) is 0.750. The summed E-state index contributed by atoms with van der Waals surface area (Å²) in [6, 6.07) is -3.97. The van der Waals surface area contributed by atoms with Gasteiger partial charge in [0.1, 0.15) is 23.7 Å². The van der Waals surface area contributed by atoms with Crippen LogP contribution in [0.25, 0.3) is 0 Å². The molecular weight excluding hydrogens is 500 g/mol. The number of nitrogens with two attached hydrogens (primary N) is 1. The van der Waals surface area contributed by atoms with Gasteiger partial charge in [-0.2, -0.15) is 0 Å². The van der Waals surface area contributed by atoms with E-state index >= 15 is 0 Å². The number of ether oxygens (including phenoxy) is 1. The molecule has 0 aromatic heterocycles. The van der Waals surface area contributed by atoms with Crippen LogP contribution in [0.3, 0.4) is 0 Å². The normalized spacial score (nSPS) is 13.4. The van der Waals surface area contributed by atoms with Gasteiger partial charge in [0.15, 0.2) is 0 Å². The van der Waals surface area contributed by atoms with Crippen molar-refractivity contribution in [3.05, 3.63) is 0 Å². The average molecular weight is 545 g/mol. The van der Waals surface area contributed by atoms with Crippen LogP contribution in [0.15, 0.2) is 0 Å². The third kappa shape index (κ3) is 16.2. The van der Waals surface area contributed by atoms with Crippen molar-refractivity contribution >= 4 is 35.8 Å². The van der Waals surface area contributed by atoms with Crippen LogP contribution in [-0.4, -0.2) is 77.7 Å². The van der Waals surface area contributed by atoms with Crippen molar-refractivity contribution < 1.29 is 38.6 Å². The van der Waals surface area contributed by atoms with Crippen LogP contribution < -0.4 is 32.3 Å². The van der Waals surface area contributed by atoms with E-state index in [0.29, 0.717) is 19.4 Å². The van der Waals surface area contributed by atoms with Crippen LogP contribution in [0.5, 0.6) is 0 Å². The number of amides is 6. The highest BCUT2D eigenvalue weighted by Crippen LogP contribution is 2.09. The quantitative estimate of drug-likeness (QED) is 0.134. The second kappa shape index (κ2) is 17.0. The van der Waals surface area contributed by atoms with Gasteiger partial charge in [0.05, 0.1) is 0 Å². The monoisotopic (exact) mass is 544 g/mol. The lowest BCUT2D eigenvalue weighted by molar-refractivity contribution is -0.142. The number of hydrogen-bond acceptors (Lipinski definition) is 7. The minimum absolute atomic E-state index is 0.0337. The molecule has 0 unspecified atom stereocenters. The van der Waals surface area contributed by atoms with Gasteiger partial charge in [-0.15, -0.1) is 0 Å². The molecule has 0 rings (SSSR count). The summed E-state index contributed by atoms with van der Waals surface area (Å²) in [5, 5.41) is 22.0. The number of primary amides is 1. The highest BCUT2D eigenvalue weighted by atomic mass is 16.6. The van der Waals surface area contributed by atoms with Gasteiger partial charge in [0, 0.05) is 20.0 Å². The number of hydrogen-bond donors (Lipinski definition) is 7. The zero-order valence-corrected chi connectivity index (χ0v) is 23.1. The molecule has 0 aliphatic carbocycles. The summed E-state index contributed by atoms with van der Waals surface area (Å²) in [5.41, 5.74) is 4.36. The van der Waals surface area contributed by atoms with Gasteiger partial charge in [-0.3, -0.25) is 14.4 Å². The molecule has 0 saturated carbocycles. The number of carbonyl (C=O) groups excluding carboxylic acids is 5. The van der Waals surface area contributed by atoms with Crippen LogP contribution in [0.2, 0.25) is 0 Å². The molecule has 0 aliphatic heterocycles. The SMILES string of the molecule is CC(=O)N[C@@H](CCCCNC(=O)OC(C)(C)C)C(=O)N[C@H](C(=O)N[C@@H](CCCNC(N)=O)C(=O)O)C(C)C. The van der Waals surface area contributed by atoms with Crippen LogP contribution in [-0.2, 0) is 23.9 Å². The van der Waals surface area contributed by atoms with Crippen molar-refractivity contribution in [2.75, 3.05) is 13.1 Å². The summed E-state index contributed by atoms with van der Waals surface area (Å²) in [5.74, 6) is -3.36. The maximum absolute atomic E-state index is 13.0. The van der Waals surface area contributed by atoms with Crippen LogP contribution >= 0.6 is 0 Å². The lowest BCUT2D eigenvalue weighted by Gasteiger charge is -2.26. The molecule has 0 heterocycles. The molecule has 0 radical (unpaired) electrons. The fourth-order valence-electron chi connectivity index (χ4n) is 3.32. The van der Waals surface area contributed by atoms with E-state index in [4.69, 9.17) is 10.5 Å². The largest absolute Gasteiger partial charge is 0.480 e. The zero-order chi connectivity index (χ0) is 29.5. The van der Waals surface area contributed by atoms with Crippen molar-refractivity contribution in [2.45, 2.75) is 97.4 Å². The summed E-state index contributed by atoms with van der Waals surface area (Å²) in [6.07, 6.45) is 0.981. The Kier molecular flexibility index (Phi) is 15.4. The molecule has 218 valence electrons. The molecule has 0 bridgehead atoms. The third-order valence-electron chi connectivity index (χ3n) is 5.11. The van der Waals surface area contributed by atoms with Crippen molar-refractivity contribution in [1.29, 1.82) is 0 Å². The predicted molar refractivity (Wildman–Crippen MR) is 139 cm³/mol. The first-order valence-corrected chi connectivity index (χ1v) is 12.6. The lowest BCUT2D eigenvalue weighted by Crippen LogP contribution is -2.57. The Morgan fingerprint density at radius 1 is 0.816 bits per heavy atom. The summed E-state index contributed by atoms with van der Waals surface area (Å²) < 4.78 is 5.16. The number of carboxylic acid groups (broad SMARTS) is 1. The molecule has 0 saturated heterocycles. The van der Waals surface area contributed by atoms with E-state index in [1.54, 1.807) is 34.6 Å². The van der Waals surface area contributed by atoms with E-state index < -0.39 is 59.5 Å². The van der Waals surface area contributed by atoms with Gasteiger partial charge in [0.25, 0.3) is 0 Å². The van der Waals surface area contributed by atoms with E-state index in [1.807, 2.05) is 0 Å². The summed E-state index contributed by atoms with van der Waals surface area (Å²) in [6.45, 7) is 10.3. The number of carbonyl (C=O) groups is 6. The maximum Gasteiger partial charge on any atom is 0.407 e. The van der Waals surface area contributed by atoms with Crippen molar-refractivity contribution in [3.8, 4) is 0 Å². The number of rotatable bonds is 16. The third-order valence-corrected chi connectivity index (χ3v) is 5.11. The van der Waals surface area contributed by atoms with Crippen molar-refractivity contribution in [2.24, 2.45) is 11.7 Å². The van der Waals surface area contributed by atoms with Gasteiger partial charge in [-0.1, -0.05) is 13.8 Å². The molecule has 0 aliphatic rings. The standard InChI is InChI=1S/C24H44N6O8/c1-14(2)18(20(33)29-17(21(34)35)11-9-13-26-22(25)36)30-19(32)16(28-15(3)31)10-7-8-12-27-23(37)38-24(4,5)6/h14,16-18H,7-13H2,1-6H3,(H,27,37)(H,28,31)(H,29,33)(H,30,32)(H,34,35)(H3,25,26,36)/t16-,17-,18-/m0/s1. The molecule has 38 heavy (non-hydrogen) atoms. The Hall–Kier alpha value is -3.58.